The lowest BCUT2D eigenvalue weighted by Gasteiger charge is -2.42. The molecule has 21 atom stereocenters. The van der Waals surface area contributed by atoms with Crippen molar-refractivity contribution in [3.63, 3.8) is 0 Å². The molecular formula is C48H58O6S2. The summed E-state index contributed by atoms with van der Waals surface area (Å²) in [6, 6.07) is 10.2. The minimum absolute atomic E-state index is 0.107. The lowest BCUT2D eigenvalue weighted by atomic mass is 9.63. The lowest BCUT2D eigenvalue weighted by molar-refractivity contribution is 0.126. The highest BCUT2D eigenvalue weighted by molar-refractivity contribution is 7.87. The molecule has 0 heterocycles. The van der Waals surface area contributed by atoms with Crippen LogP contribution in [0.3, 0.4) is 0 Å². The minimum Gasteiger partial charge on any atom is -0.379 e. The first-order valence-corrected chi connectivity index (χ1v) is 26.1. The number of rotatable bonds is 7. The number of benzene rings is 2. The van der Waals surface area contributed by atoms with E-state index in [1.165, 1.54) is 113 Å². The van der Waals surface area contributed by atoms with Crippen molar-refractivity contribution in [3.05, 3.63) is 53.1 Å². The summed E-state index contributed by atoms with van der Waals surface area (Å²) in [5, 5.41) is 0. The van der Waals surface area contributed by atoms with E-state index in [1.807, 2.05) is 0 Å². The molecule has 2 aromatic carbocycles. The van der Waals surface area contributed by atoms with Gasteiger partial charge in [0.25, 0.3) is 10.1 Å². The molecule has 12 fully saturated rings. The van der Waals surface area contributed by atoms with E-state index in [9.17, 15) is 13.0 Å². The first-order valence-electron chi connectivity index (χ1n) is 23.3. The minimum atomic E-state index is -4.41. The van der Waals surface area contributed by atoms with Crippen molar-refractivity contribution in [2.45, 2.75) is 124 Å². The Morgan fingerprint density at radius 3 is 1.29 bits per heavy atom. The summed E-state index contributed by atoms with van der Waals surface area (Å²) in [5.41, 5.74) is 3.71. The van der Waals surface area contributed by atoms with E-state index in [4.69, 9.17) is 4.18 Å². The quantitative estimate of drug-likeness (QED) is 0.170. The normalized spacial score (nSPS) is 51.8. The van der Waals surface area contributed by atoms with Crippen LogP contribution < -0.4 is 4.18 Å². The van der Waals surface area contributed by atoms with Crippen molar-refractivity contribution in [2.24, 2.45) is 107 Å². The van der Waals surface area contributed by atoms with Crippen LogP contribution in [0.4, 0.5) is 0 Å². The van der Waals surface area contributed by atoms with Gasteiger partial charge in [0.05, 0.1) is 4.90 Å². The Kier molecular flexibility index (Phi) is 6.82. The monoisotopic (exact) mass is 794 g/mol. The molecule has 14 rings (SSSR count). The molecule has 6 nitrogen and oxygen atoms in total. The Morgan fingerprint density at radius 1 is 0.464 bits per heavy atom. The third-order valence-electron chi connectivity index (χ3n) is 21.2. The second kappa shape index (κ2) is 11.3. The van der Waals surface area contributed by atoms with Crippen LogP contribution in [0.25, 0.3) is 0 Å². The maximum atomic E-state index is 15.4. The molecule has 12 bridgehead atoms. The van der Waals surface area contributed by atoms with Gasteiger partial charge in [-0.15, -0.1) is 0 Å². The highest BCUT2D eigenvalue weighted by atomic mass is 32.2. The molecule has 298 valence electrons. The highest BCUT2D eigenvalue weighted by Crippen LogP contribution is 2.74. The van der Waals surface area contributed by atoms with Gasteiger partial charge in [0.15, 0.2) is 0 Å². The van der Waals surface area contributed by atoms with Crippen LogP contribution in [0.1, 0.15) is 131 Å². The molecule has 56 heavy (non-hydrogen) atoms. The second-order valence-corrected chi connectivity index (χ2v) is 25.4. The Balaban J connectivity index is 0.928. The van der Waals surface area contributed by atoms with E-state index >= 15 is 8.42 Å². The summed E-state index contributed by atoms with van der Waals surface area (Å²) in [5.74, 6) is 15.7. The van der Waals surface area contributed by atoms with Gasteiger partial charge in [-0.2, -0.15) is 16.8 Å². The van der Waals surface area contributed by atoms with E-state index in [2.05, 4.69) is 12.1 Å². The topological polar surface area (TPSA) is 97.7 Å². The molecule has 12 aliphatic carbocycles. The maximum absolute atomic E-state index is 15.4. The summed E-state index contributed by atoms with van der Waals surface area (Å²) < 4.78 is 70.4. The zero-order chi connectivity index (χ0) is 37.1. The molecule has 12 saturated carbocycles. The third-order valence-corrected chi connectivity index (χ3v) is 23.4. The summed E-state index contributed by atoms with van der Waals surface area (Å²) in [6.07, 6.45) is 20.2. The summed E-state index contributed by atoms with van der Waals surface area (Å²) in [4.78, 5) is 0.247. The van der Waals surface area contributed by atoms with Crippen LogP contribution in [-0.2, 0) is 20.2 Å². The Hall–Kier alpha value is -1.90. The Labute approximate surface area is 333 Å². The smallest absolute Gasteiger partial charge is 0.339 e. The molecule has 8 heteroatoms. The molecule has 0 aliphatic heterocycles. The van der Waals surface area contributed by atoms with Crippen LogP contribution >= 0.6 is 0 Å². The molecule has 0 aromatic heterocycles. The summed E-state index contributed by atoms with van der Waals surface area (Å²) in [6.45, 7) is 0. The standard InChI is InChI=1S/C48H58O6S2/c49-55(50,51)33-9-7-32(8-10-33)54-56(52,53)48-40(35-17-30-20-38(35)46-26-5-2-23(12-26)43(30)46)14-28(34-16-29-19-37(34)45-25-4-1-22(11-25)42(29)45)15-41(48)36-18-31-21-39(36)47-27-6-3-24(13-27)44(31)47/h7-10,14-15,22-27,29-31,34-39,42-47H,1-6,11-13,16-21H2,(H,49,50,51)/t22?,23?,24?,25?,26?,27?,29?,30?,31?,34?,35?,36?,37-,38?,39?,42?,43?,44?,45?,46?,47?/m1/s1. The predicted molar refractivity (Wildman–Crippen MR) is 211 cm³/mol. The Morgan fingerprint density at radius 2 is 0.857 bits per heavy atom. The van der Waals surface area contributed by atoms with E-state index in [-0.39, 0.29) is 22.5 Å². The molecule has 20 unspecified atom stereocenters. The van der Waals surface area contributed by atoms with Crippen LogP contribution in [0.2, 0.25) is 0 Å². The molecule has 0 amide bonds. The fourth-order valence-electron chi connectivity index (χ4n) is 20.4. The van der Waals surface area contributed by atoms with Crippen molar-refractivity contribution >= 4 is 20.2 Å². The third kappa shape index (κ3) is 4.39. The van der Waals surface area contributed by atoms with Gasteiger partial charge >= 0.3 is 10.1 Å². The van der Waals surface area contributed by atoms with E-state index in [0.717, 1.165) is 119 Å². The van der Waals surface area contributed by atoms with Crippen molar-refractivity contribution in [3.8, 4) is 5.75 Å². The molecule has 1 N–H and O–H groups in total. The van der Waals surface area contributed by atoms with Gasteiger partial charge < -0.3 is 4.18 Å². The molecule has 0 radical (unpaired) electrons. The molecule has 12 aliphatic rings. The van der Waals surface area contributed by atoms with Gasteiger partial charge in [0.2, 0.25) is 0 Å². The Bertz CT molecular complexity index is 2180. The maximum Gasteiger partial charge on any atom is 0.339 e. The van der Waals surface area contributed by atoms with E-state index in [0.29, 0.717) is 22.6 Å². The first kappa shape index (κ1) is 33.9. The van der Waals surface area contributed by atoms with Crippen LogP contribution in [-0.4, -0.2) is 21.4 Å². The van der Waals surface area contributed by atoms with Crippen LogP contribution in [0.5, 0.6) is 5.75 Å². The lowest BCUT2D eigenvalue weighted by Crippen LogP contribution is -2.34. The number of hydrogen-bond donors (Lipinski definition) is 1. The predicted octanol–water partition coefficient (Wildman–Crippen LogP) is 10.1. The van der Waals surface area contributed by atoms with Crippen molar-refractivity contribution in [1.82, 2.24) is 0 Å². The van der Waals surface area contributed by atoms with E-state index in [1.54, 1.807) is 0 Å². The van der Waals surface area contributed by atoms with E-state index < -0.39 is 20.2 Å². The van der Waals surface area contributed by atoms with Crippen molar-refractivity contribution < 1.29 is 25.6 Å². The zero-order valence-corrected chi connectivity index (χ0v) is 34.1. The fraction of sp³-hybridized carbons (Fsp3) is 0.750. The fourth-order valence-corrected chi connectivity index (χ4v) is 22.3. The number of hydrogen-bond acceptors (Lipinski definition) is 5. The van der Waals surface area contributed by atoms with Crippen molar-refractivity contribution in [1.29, 1.82) is 0 Å². The van der Waals surface area contributed by atoms with Gasteiger partial charge in [0, 0.05) is 0 Å². The summed E-state index contributed by atoms with van der Waals surface area (Å²) in [7, 11) is -8.69. The SMILES string of the molecule is O=S(=O)(O)c1ccc(OS(=O)(=O)c2c(C3CC4CC3C3C5CCC(C5)C43)cc(C3CC4C[C@H]3C3C5CCC(C5)C43)cc2C2CC3CC2C2C4CCC(C4)C32)cc1. The largest absolute Gasteiger partial charge is 0.379 e. The van der Waals surface area contributed by atoms with Gasteiger partial charge in [-0.25, -0.2) is 0 Å². The zero-order valence-electron chi connectivity index (χ0n) is 32.5. The van der Waals surface area contributed by atoms with Gasteiger partial charge in [-0.3, -0.25) is 4.55 Å². The van der Waals surface area contributed by atoms with Gasteiger partial charge in [-0.05, 0) is 262 Å². The highest BCUT2D eigenvalue weighted by Gasteiger charge is 2.66. The first-order chi connectivity index (χ1) is 27.1. The molecule has 2 aromatic rings. The summed E-state index contributed by atoms with van der Waals surface area (Å²) >= 11 is 0. The molecular weight excluding hydrogens is 737 g/mol. The number of fused-ring (bicyclic) bond motifs is 27. The average Bonchev–Trinajstić information content (AvgIpc) is 4.03. The average molecular weight is 795 g/mol. The van der Waals surface area contributed by atoms with Gasteiger partial charge in [0.1, 0.15) is 10.6 Å². The van der Waals surface area contributed by atoms with Crippen LogP contribution in [0.15, 0.2) is 46.2 Å². The van der Waals surface area contributed by atoms with Gasteiger partial charge in [-0.1, -0.05) is 12.1 Å². The molecule has 0 saturated heterocycles. The van der Waals surface area contributed by atoms with Crippen LogP contribution in [0, 0.1) is 107 Å². The second-order valence-electron chi connectivity index (χ2n) is 22.5. The van der Waals surface area contributed by atoms with Crippen molar-refractivity contribution in [2.75, 3.05) is 0 Å². The molecule has 0 spiro atoms.